The molecule has 0 aliphatic heterocycles. The van der Waals surface area contributed by atoms with Crippen molar-refractivity contribution in [3.63, 3.8) is 0 Å². The lowest BCUT2D eigenvalue weighted by molar-refractivity contribution is -0.121. The van der Waals surface area contributed by atoms with Crippen LogP contribution in [0.15, 0.2) is 54.7 Å². The molecular weight excluding hydrogens is 336 g/mol. The maximum Gasteiger partial charge on any atom is 0.220 e. The minimum atomic E-state index is -0.0188. The average Bonchev–Trinajstić information content (AvgIpc) is 3.09. The molecule has 0 spiro atoms. The van der Waals surface area contributed by atoms with Gasteiger partial charge in [0.2, 0.25) is 5.91 Å². The lowest BCUT2D eigenvalue weighted by Crippen LogP contribution is -2.26. The van der Waals surface area contributed by atoms with E-state index >= 15 is 0 Å². The number of hydrogen-bond acceptors (Lipinski definition) is 2. The van der Waals surface area contributed by atoms with E-state index in [1.165, 1.54) is 16.5 Å². The van der Waals surface area contributed by atoms with Crippen molar-refractivity contribution in [3.05, 3.63) is 65.9 Å². The Balaban J connectivity index is 2.08. The van der Waals surface area contributed by atoms with Gasteiger partial charge in [0.05, 0.1) is 7.11 Å². The summed E-state index contributed by atoms with van der Waals surface area (Å²) in [6.07, 6.45) is 3.55. The van der Waals surface area contributed by atoms with Gasteiger partial charge >= 0.3 is 0 Å². The Morgan fingerprint density at radius 1 is 1.15 bits per heavy atom. The van der Waals surface area contributed by atoms with Crippen molar-refractivity contribution in [2.45, 2.75) is 39.2 Å². The van der Waals surface area contributed by atoms with Gasteiger partial charge in [-0.1, -0.05) is 37.3 Å². The van der Waals surface area contributed by atoms with Gasteiger partial charge in [0, 0.05) is 42.5 Å². The number of carbonyl (C=O) groups is 1. The fraction of sp³-hybridized carbons (Fsp3) is 0.348. The monoisotopic (exact) mass is 364 g/mol. The van der Waals surface area contributed by atoms with Gasteiger partial charge in [-0.05, 0) is 42.7 Å². The van der Waals surface area contributed by atoms with Crippen LogP contribution in [0.5, 0.6) is 5.75 Å². The van der Waals surface area contributed by atoms with Crippen molar-refractivity contribution < 1.29 is 9.53 Å². The molecule has 0 saturated carbocycles. The first-order valence-corrected chi connectivity index (χ1v) is 9.66. The molecule has 1 amide bonds. The van der Waals surface area contributed by atoms with Gasteiger partial charge in [0.15, 0.2) is 0 Å². The number of ether oxygens (including phenoxy) is 1. The Morgan fingerprint density at radius 3 is 2.70 bits per heavy atom. The van der Waals surface area contributed by atoms with E-state index in [4.69, 9.17) is 4.74 Å². The predicted octanol–water partition coefficient (Wildman–Crippen LogP) is 4.72. The first kappa shape index (κ1) is 19.0. The number of nitrogens with zero attached hydrogens (tertiary/aromatic N) is 1. The Bertz CT molecular complexity index is 914. The third-order valence-electron chi connectivity index (χ3n) is 4.99. The van der Waals surface area contributed by atoms with Crippen molar-refractivity contribution in [2.75, 3.05) is 13.7 Å². The van der Waals surface area contributed by atoms with Crippen LogP contribution >= 0.6 is 0 Å². The SMILES string of the molecule is CCCNC(=O)CC(c1cccc(OC)c1)c1cn(CC)c2ccccc12. The van der Waals surface area contributed by atoms with Crippen LogP contribution in [0.2, 0.25) is 0 Å². The molecule has 0 radical (unpaired) electrons. The smallest absolute Gasteiger partial charge is 0.220 e. The molecule has 4 heteroatoms. The summed E-state index contributed by atoms with van der Waals surface area (Å²) in [6.45, 7) is 5.81. The van der Waals surface area contributed by atoms with Crippen LogP contribution in [0.3, 0.4) is 0 Å². The Kier molecular flexibility index (Phi) is 6.17. The van der Waals surface area contributed by atoms with Crippen molar-refractivity contribution >= 4 is 16.8 Å². The number of fused-ring (bicyclic) bond motifs is 1. The van der Waals surface area contributed by atoms with Gasteiger partial charge in [-0.2, -0.15) is 0 Å². The molecule has 4 nitrogen and oxygen atoms in total. The van der Waals surface area contributed by atoms with Crippen LogP contribution in [0, 0.1) is 0 Å². The number of nitrogens with one attached hydrogen (secondary N) is 1. The standard InChI is InChI=1S/C23H28N2O2/c1-4-13-24-23(26)15-20(17-9-8-10-18(14-17)27-3)21-16-25(5-2)22-12-7-6-11-19(21)22/h6-12,14,16,20H,4-5,13,15H2,1-3H3,(H,24,26). The maximum absolute atomic E-state index is 12.6. The number of carbonyl (C=O) groups excluding carboxylic acids is 1. The topological polar surface area (TPSA) is 43.3 Å². The first-order chi connectivity index (χ1) is 13.2. The lowest BCUT2D eigenvalue weighted by atomic mass is 9.88. The summed E-state index contributed by atoms with van der Waals surface area (Å²) < 4.78 is 7.67. The maximum atomic E-state index is 12.6. The van der Waals surface area contributed by atoms with E-state index < -0.39 is 0 Å². The molecule has 0 fully saturated rings. The number of hydrogen-bond donors (Lipinski definition) is 1. The van der Waals surface area contributed by atoms with E-state index in [0.29, 0.717) is 13.0 Å². The molecule has 2 aromatic carbocycles. The van der Waals surface area contributed by atoms with Gasteiger partial charge < -0.3 is 14.6 Å². The van der Waals surface area contributed by atoms with Gasteiger partial charge in [-0.3, -0.25) is 4.79 Å². The zero-order chi connectivity index (χ0) is 19.2. The largest absolute Gasteiger partial charge is 0.497 e. The van der Waals surface area contributed by atoms with E-state index in [2.05, 4.69) is 60.3 Å². The Labute approximate surface area is 161 Å². The van der Waals surface area contributed by atoms with E-state index in [-0.39, 0.29) is 11.8 Å². The van der Waals surface area contributed by atoms with Crippen LogP contribution in [0.25, 0.3) is 10.9 Å². The molecule has 0 aliphatic carbocycles. The fourth-order valence-corrected chi connectivity index (χ4v) is 3.60. The fourth-order valence-electron chi connectivity index (χ4n) is 3.60. The highest BCUT2D eigenvalue weighted by Gasteiger charge is 2.22. The number of benzene rings is 2. The third-order valence-corrected chi connectivity index (χ3v) is 4.99. The molecule has 0 saturated heterocycles. The summed E-state index contributed by atoms with van der Waals surface area (Å²) in [4.78, 5) is 12.6. The van der Waals surface area contributed by atoms with Crippen LogP contribution in [-0.2, 0) is 11.3 Å². The van der Waals surface area contributed by atoms with E-state index in [1.807, 2.05) is 18.2 Å². The van der Waals surface area contributed by atoms with E-state index in [1.54, 1.807) is 7.11 Å². The molecule has 0 aliphatic rings. The molecule has 1 unspecified atom stereocenters. The molecule has 142 valence electrons. The molecule has 1 aromatic heterocycles. The van der Waals surface area contributed by atoms with Gasteiger partial charge in [0.1, 0.15) is 5.75 Å². The van der Waals surface area contributed by atoms with Gasteiger partial charge in [-0.15, -0.1) is 0 Å². The summed E-state index contributed by atoms with van der Waals surface area (Å²) in [7, 11) is 1.67. The van der Waals surface area contributed by atoms with Crippen molar-refractivity contribution in [3.8, 4) is 5.75 Å². The minimum absolute atomic E-state index is 0.0188. The number of para-hydroxylation sites is 1. The predicted molar refractivity (Wildman–Crippen MR) is 110 cm³/mol. The number of aromatic nitrogens is 1. The van der Waals surface area contributed by atoms with Crippen LogP contribution in [0.4, 0.5) is 0 Å². The normalized spacial score (nSPS) is 12.1. The second-order valence-corrected chi connectivity index (χ2v) is 6.77. The van der Waals surface area contributed by atoms with E-state index in [0.717, 1.165) is 24.3 Å². The number of aryl methyl sites for hydroxylation is 1. The quantitative estimate of drug-likeness (QED) is 0.628. The number of amides is 1. The van der Waals surface area contributed by atoms with Crippen LogP contribution in [0.1, 0.15) is 43.7 Å². The molecule has 3 rings (SSSR count). The highest BCUT2D eigenvalue weighted by molar-refractivity contribution is 5.86. The molecular formula is C23H28N2O2. The minimum Gasteiger partial charge on any atom is -0.497 e. The molecule has 1 atom stereocenters. The Morgan fingerprint density at radius 2 is 1.96 bits per heavy atom. The summed E-state index contributed by atoms with van der Waals surface area (Å²) in [5.41, 5.74) is 3.49. The summed E-state index contributed by atoms with van der Waals surface area (Å²) in [5, 5.41) is 4.23. The van der Waals surface area contributed by atoms with Crippen LogP contribution < -0.4 is 10.1 Å². The van der Waals surface area contributed by atoms with E-state index in [9.17, 15) is 4.79 Å². The summed E-state index contributed by atoms with van der Waals surface area (Å²) in [5.74, 6) is 0.873. The number of methoxy groups -OCH3 is 1. The molecule has 3 aromatic rings. The highest BCUT2D eigenvalue weighted by Crippen LogP contribution is 2.35. The van der Waals surface area contributed by atoms with Crippen molar-refractivity contribution in [1.29, 1.82) is 0 Å². The molecule has 0 bridgehead atoms. The highest BCUT2D eigenvalue weighted by atomic mass is 16.5. The van der Waals surface area contributed by atoms with Crippen molar-refractivity contribution in [2.24, 2.45) is 0 Å². The second kappa shape index (κ2) is 8.76. The molecule has 1 heterocycles. The zero-order valence-corrected chi connectivity index (χ0v) is 16.4. The van der Waals surface area contributed by atoms with Crippen molar-refractivity contribution in [1.82, 2.24) is 9.88 Å². The third kappa shape index (κ3) is 4.16. The average molecular weight is 364 g/mol. The summed E-state index contributed by atoms with van der Waals surface area (Å²) in [6, 6.07) is 16.5. The Hall–Kier alpha value is -2.75. The summed E-state index contributed by atoms with van der Waals surface area (Å²) >= 11 is 0. The van der Waals surface area contributed by atoms with Gasteiger partial charge in [0.25, 0.3) is 0 Å². The molecule has 27 heavy (non-hydrogen) atoms. The lowest BCUT2D eigenvalue weighted by Gasteiger charge is -2.18. The zero-order valence-electron chi connectivity index (χ0n) is 16.4. The number of rotatable bonds is 8. The first-order valence-electron chi connectivity index (χ1n) is 9.66. The second-order valence-electron chi connectivity index (χ2n) is 6.77. The van der Waals surface area contributed by atoms with Crippen LogP contribution in [-0.4, -0.2) is 24.1 Å². The molecule has 1 N–H and O–H groups in total. The van der Waals surface area contributed by atoms with Gasteiger partial charge in [-0.25, -0.2) is 0 Å².